The molecule has 150 valence electrons. The van der Waals surface area contributed by atoms with Gasteiger partial charge in [-0.1, -0.05) is 26.7 Å². The first-order valence-corrected chi connectivity index (χ1v) is 10.6. The van der Waals surface area contributed by atoms with E-state index in [0.717, 1.165) is 70.8 Å². The molecule has 1 saturated heterocycles. The summed E-state index contributed by atoms with van der Waals surface area (Å²) in [6.07, 6.45) is 7.87. The van der Waals surface area contributed by atoms with Gasteiger partial charge in [0.25, 0.3) is 0 Å². The molecule has 0 amide bonds. The summed E-state index contributed by atoms with van der Waals surface area (Å²) in [6.45, 7) is 10.1. The van der Waals surface area contributed by atoms with Gasteiger partial charge >= 0.3 is 0 Å². The summed E-state index contributed by atoms with van der Waals surface area (Å²) in [4.78, 5) is 4.68. The standard InChI is InChI=1S/C18H37N3O2S.HI/c1-5-8-17(22,9-6-2)14-20-16(19-7-3)21-15-18(24-4)10-12-23-13-11-18;/h22H,5-15H2,1-4H3,(H2,19,20,21);1H. The van der Waals surface area contributed by atoms with Crippen LogP contribution in [0.25, 0.3) is 0 Å². The van der Waals surface area contributed by atoms with Crippen molar-refractivity contribution in [3.63, 3.8) is 0 Å². The fraction of sp³-hybridized carbons (Fsp3) is 0.944. The number of hydrogen-bond donors (Lipinski definition) is 3. The lowest BCUT2D eigenvalue weighted by atomic mass is 9.93. The first-order valence-electron chi connectivity index (χ1n) is 9.40. The molecule has 0 bridgehead atoms. The van der Waals surface area contributed by atoms with E-state index in [1.807, 2.05) is 11.8 Å². The number of halogens is 1. The van der Waals surface area contributed by atoms with Gasteiger partial charge in [0.05, 0.1) is 12.1 Å². The molecule has 0 aromatic carbocycles. The highest BCUT2D eigenvalue weighted by molar-refractivity contribution is 14.0. The van der Waals surface area contributed by atoms with Crippen LogP contribution in [0.3, 0.4) is 0 Å². The molecule has 7 heteroatoms. The van der Waals surface area contributed by atoms with Crippen molar-refractivity contribution >= 4 is 41.7 Å². The van der Waals surface area contributed by atoms with Crippen LogP contribution in [0.4, 0.5) is 0 Å². The third kappa shape index (κ3) is 9.15. The molecule has 0 radical (unpaired) electrons. The van der Waals surface area contributed by atoms with Gasteiger partial charge < -0.3 is 20.5 Å². The molecule has 5 nitrogen and oxygen atoms in total. The Labute approximate surface area is 175 Å². The van der Waals surface area contributed by atoms with Crippen molar-refractivity contribution in [3.8, 4) is 0 Å². The first-order chi connectivity index (χ1) is 11.5. The third-order valence-electron chi connectivity index (χ3n) is 4.72. The van der Waals surface area contributed by atoms with E-state index in [4.69, 9.17) is 4.74 Å². The van der Waals surface area contributed by atoms with Gasteiger partial charge in [-0.2, -0.15) is 11.8 Å². The molecule has 1 rings (SSSR count). The Bertz CT molecular complexity index is 371. The van der Waals surface area contributed by atoms with Crippen LogP contribution in [0.1, 0.15) is 59.3 Å². The first kappa shape index (κ1) is 25.3. The van der Waals surface area contributed by atoms with Gasteiger partial charge in [0.2, 0.25) is 0 Å². The molecular weight excluding hydrogens is 449 g/mol. The highest BCUT2D eigenvalue weighted by Gasteiger charge is 2.32. The second-order valence-corrected chi connectivity index (χ2v) is 8.05. The van der Waals surface area contributed by atoms with Gasteiger partial charge in [0.15, 0.2) is 5.96 Å². The molecule has 25 heavy (non-hydrogen) atoms. The number of rotatable bonds is 10. The zero-order valence-electron chi connectivity index (χ0n) is 16.4. The van der Waals surface area contributed by atoms with Crippen LogP contribution in [-0.4, -0.2) is 60.5 Å². The molecule has 1 aliphatic rings. The normalized spacial score (nSPS) is 17.7. The maximum absolute atomic E-state index is 10.8. The summed E-state index contributed by atoms with van der Waals surface area (Å²) < 4.78 is 5.73. The monoisotopic (exact) mass is 487 g/mol. The molecule has 0 aromatic heterocycles. The Morgan fingerprint density at radius 1 is 1.16 bits per heavy atom. The van der Waals surface area contributed by atoms with E-state index in [-0.39, 0.29) is 28.7 Å². The quantitative estimate of drug-likeness (QED) is 0.251. The second-order valence-electron chi connectivity index (χ2n) is 6.77. The highest BCUT2D eigenvalue weighted by Crippen LogP contribution is 2.32. The number of nitrogens with one attached hydrogen (secondary N) is 2. The predicted octanol–water partition coefficient (Wildman–Crippen LogP) is 3.40. The van der Waals surface area contributed by atoms with Gasteiger partial charge in [-0.15, -0.1) is 24.0 Å². The molecule has 0 spiro atoms. The lowest BCUT2D eigenvalue weighted by molar-refractivity contribution is 0.0306. The van der Waals surface area contributed by atoms with Crippen molar-refractivity contribution < 1.29 is 9.84 Å². The Morgan fingerprint density at radius 3 is 2.24 bits per heavy atom. The summed E-state index contributed by atoms with van der Waals surface area (Å²) >= 11 is 1.92. The highest BCUT2D eigenvalue weighted by atomic mass is 127. The van der Waals surface area contributed by atoms with Gasteiger partial charge in [0.1, 0.15) is 0 Å². The number of guanidine groups is 1. The molecule has 0 saturated carbocycles. The van der Waals surface area contributed by atoms with E-state index in [1.54, 1.807) is 0 Å². The summed E-state index contributed by atoms with van der Waals surface area (Å²) in [7, 11) is 0. The van der Waals surface area contributed by atoms with Gasteiger partial charge in [0, 0.05) is 31.1 Å². The number of thioether (sulfide) groups is 1. The fourth-order valence-electron chi connectivity index (χ4n) is 3.22. The maximum atomic E-state index is 10.8. The van der Waals surface area contributed by atoms with E-state index in [2.05, 4.69) is 42.7 Å². The van der Waals surface area contributed by atoms with Crippen LogP contribution in [0.15, 0.2) is 4.99 Å². The van der Waals surface area contributed by atoms with E-state index >= 15 is 0 Å². The van der Waals surface area contributed by atoms with Crippen LogP contribution in [-0.2, 0) is 4.74 Å². The topological polar surface area (TPSA) is 65.9 Å². The van der Waals surface area contributed by atoms with E-state index in [9.17, 15) is 5.11 Å². The largest absolute Gasteiger partial charge is 0.388 e. The predicted molar refractivity (Wildman–Crippen MR) is 120 cm³/mol. The molecule has 0 unspecified atom stereocenters. The zero-order chi connectivity index (χ0) is 17.9. The second kappa shape index (κ2) is 13.4. The van der Waals surface area contributed by atoms with Crippen molar-refractivity contribution in [2.24, 2.45) is 4.99 Å². The van der Waals surface area contributed by atoms with Crippen molar-refractivity contribution in [2.75, 3.05) is 39.1 Å². The Morgan fingerprint density at radius 2 is 1.76 bits per heavy atom. The lowest BCUT2D eigenvalue weighted by Gasteiger charge is -2.36. The van der Waals surface area contributed by atoms with Crippen LogP contribution >= 0.6 is 35.7 Å². The van der Waals surface area contributed by atoms with Crippen LogP contribution in [0.5, 0.6) is 0 Å². The summed E-state index contributed by atoms with van der Waals surface area (Å²) in [6, 6.07) is 0. The van der Waals surface area contributed by atoms with Crippen molar-refractivity contribution in [3.05, 3.63) is 0 Å². The zero-order valence-corrected chi connectivity index (χ0v) is 19.5. The van der Waals surface area contributed by atoms with Crippen LogP contribution in [0.2, 0.25) is 0 Å². The number of nitrogens with zero attached hydrogens (tertiary/aromatic N) is 1. The van der Waals surface area contributed by atoms with Crippen molar-refractivity contribution in [1.82, 2.24) is 10.6 Å². The molecule has 1 heterocycles. The van der Waals surface area contributed by atoms with Gasteiger partial charge in [-0.3, -0.25) is 4.99 Å². The molecule has 0 atom stereocenters. The van der Waals surface area contributed by atoms with Crippen LogP contribution < -0.4 is 10.6 Å². The third-order valence-corrected chi connectivity index (χ3v) is 6.14. The maximum Gasteiger partial charge on any atom is 0.191 e. The minimum absolute atomic E-state index is 0. The minimum atomic E-state index is -0.679. The number of aliphatic imine (C=N–C) groups is 1. The van der Waals surface area contributed by atoms with Gasteiger partial charge in [-0.05, 0) is 38.9 Å². The van der Waals surface area contributed by atoms with E-state index in [0.29, 0.717) is 6.54 Å². The molecule has 3 N–H and O–H groups in total. The Hall–Kier alpha value is 0.270. The smallest absolute Gasteiger partial charge is 0.191 e. The van der Waals surface area contributed by atoms with Crippen LogP contribution in [0, 0.1) is 0 Å². The summed E-state index contributed by atoms with van der Waals surface area (Å²) in [5, 5.41) is 17.6. The molecule has 0 aromatic rings. The average Bonchev–Trinajstić information content (AvgIpc) is 2.59. The molecule has 0 aliphatic carbocycles. The fourth-order valence-corrected chi connectivity index (χ4v) is 4.01. The van der Waals surface area contributed by atoms with E-state index in [1.165, 1.54) is 0 Å². The number of aliphatic hydroxyl groups is 1. The summed E-state index contributed by atoms with van der Waals surface area (Å²) in [5.41, 5.74) is -0.679. The van der Waals surface area contributed by atoms with Gasteiger partial charge in [-0.25, -0.2) is 0 Å². The SMILES string of the molecule is CCCC(O)(CCC)CN=C(NCC)NCC1(SC)CCOCC1.I. The minimum Gasteiger partial charge on any atom is -0.388 e. The van der Waals surface area contributed by atoms with Crippen molar-refractivity contribution in [1.29, 1.82) is 0 Å². The Balaban J connectivity index is 0.00000576. The molecule has 1 aliphatic heterocycles. The number of hydrogen-bond acceptors (Lipinski definition) is 4. The Kier molecular flexibility index (Phi) is 13.6. The van der Waals surface area contributed by atoms with E-state index < -0.39 is 5.60 Å². The average molecular weight is 487 g/mol. The molecular formula is C18H38IN3O2S. The molecule has 1 fully saturated rings. The number of ether oxygens (including phenoxy) is 1. The summed E-state index contributed by atoms with van der Waals surface area (Å²) in [5.74, 6) is 0.808. The lowest BCUT2D eigenvalue weighted by Crippen LogP contribution is -2.48. The van der Waals surface area contributed by atoms with Crippen molar-refractivity contribution in [2.45, 2.75) is 69.6 Å².